The van der Waals surface area contributed by atoms with Gasteiger partial charge in [-0.05, 0) is 31.3 Å². The van der Waals surface area contributed by atoms with Gasteiger partial charge in [0.05, 0.1) is 6.21 Å². The number of nitrogens with zero attached hydrogens (tertiary/aromatic N) is 2. The van der Waals surface area contributed by atoms with Crippen LogP contribution in [0.25, 0.3) is 10.8 Å². The van der Waals surface area contributed by atoms with Crippen molar-refractivity contribution in [1.82, 2.24) is 4.90 Å². The summed E-state index contributed by atoms with van der Waals surface area (Å²) < 4.78 is 6.57. The molecule has 0 bridgehead atoms. The van der Waals surface area contributed by atoms with Crippen LogP contribution in [0.5, 0.6) is 5.75 Å². The van der Waals surface area contributed by atoms with E-state index in [2.05, 4.69) is 62.2 Å². The lowest BCUT2D eigenvalue weighted by atomic mass is 9.73. The molecule has 0 N–H and O–H groups in total. The summed E-state index contributed by atoms with van der Waals surface area (Å²) in [6, 6.07) is 12.5. The van der Waals surface area contributed by atoms with E-state index < -0.39 is 5.72 Å². The van der Waals surface area contributed by atoms with Gasteiger partial charge in [-0.2, -0.15) is 0 Å². The minimum Gasteiger partial charge on any atom is -0.464 e. The van der Waals surface area contributed by atoms with E-state index >= 15 is 0 Å². The van der Waals surface area contributed by atoms with Gasteiger partial charge in [0.25, 0.3) is 0 Å². The van der Waals surface area contributed by atoms with Gasteiger partial charge in [0, 0.05) is 17.3 Å². The van der Waals surface area contributed by atoms with Gasteiger partial charge in [-0.1, -0.05) is 44.2 Å². The summed E-state index contributed by atoms with van der Waals surface area (Å²) in [5.74, 6) is 0.892. The van der Waals surface area contributed by atoms with Crippen LogP contribution < -0.4 is 4.74 Å². The first kappa shape index (κ1) is 13.8. The van der Waals surface area contributed by atoms with Gasteiger partial charge >= 0.3 is 0 Å². The number of aliphatic imine (C=N–C) groups is 1. The predicted molar refractivity (Wildman–Crippen MR) is 91.1 cm³/mol. The molecule has 3 nitrogen and oxygen atoms in total. The van der Waals surface area contributed by atoms with Crippen LogP contribution in [0, 0.1) is 5.41 Å². The Labute approximate surface area is 131 Å². The number of rotatable bonds is 0. The summed E-state index contributed by atoms with van der Waals surface area (Å²) in [7, 11) is 2.14. The highest BCUT2D eigenvalue weighted by Crippen LogP contribution is 2.49. The molecule has 2 aliphatic rings. The lowest BCUT2D eigenvalue weighted by Gasteiger charge is -2.53. The molecule has 3 heteroatoms. The molecule has 1 fully saturated rings. The van der Waals surface area contributed by atoms with E-state index in [9.17, 15) is 0 Å². The van der Waals surface area contributed by atoms with Crippen molar-refractivity contribution in [2.75, 3.05) is 13.6 Å². The van der Waals surface area contributed by atoms with Crippen LogP contribution in [-0.4, -0.2) is 30.4 Å². The van der Waals surface area contributed by atoms with Crippen molar-refractivity contribution in [3.8, 4) is 5.75 Å². The third-order valence-electron chi connectivity index (χ3n) is 5.33. The van der Waals surface area contributed by atoms with E-state index in [1.807, 2.05) is 6.21 Å². The van der Waals surface area contributed by atoms with Crippen LogP contribution in [0.1, 0.15) is 26.7 Å². The topological polar surface area (TPSA) is 24.8 Å². The zero-order valence-electron chi connectivity index (χ0n) is 13.5. The average Bonchev–Trinajstić information content (AvgIpc) is 2.52. The van der Waals surface area contributed by atoms with E-state index in [1.54, 1.807) is 0 Å². The second kappa shape index (κ2) is 4.56. The Kier molecular flexibility index (Phi) is 2.85. The average molecular weight is 294 g/mol. The van der Waals surface area contributed by atoms with Crippen LogP contribution in [0.3, 0.4) is 0 Å². The summed E-state index contributed by atoms with van der Waals surface area (Å²) in [4.78, 5) is 7.16. The molecule has 0 saturated carbocycles. The zero-order chi connectivity index (χ0) is 15.4. The van der Waals surface area contributed by atoms with E-state index in [4.69, 9.17) is 9.73 Å². The molecule has 1 saturated heterocycles. The van der Waals surface area contributed by atoms with Crippen molar-refractivity contribution in [2.24, 2.45) is 10.4 Å². The third-order valence-corrected chi connectivity index (χ3v) is 5.33. The summed E-state index contributed by atoms with van der Waals surface area (Å²) >= 11 is 0. The van der Waals surface area contributed by atoms with Gasteiger partial charge in [-0.3, -0.25) is 9.89 Å². The highest BCUT2D eigenvalue weighted by Gasteiger charge is 2.53. The van der Waals surface area contributed by atoms with Crippen molar-refractivity contribution in [3.63, 3.8) is 0 Å². The Hall–Kier alpha value is -1.87. The minimum atomic E-state index is -0.444. The molecule has 0 radical (unpaired) electrons. The Morgan fingerprint density at radius 1 is 1.14 bits per heavy atom. The molecule has 4 rings (SSSR count). The van der Waals surface area contributed by atoms with Gasteiger partial charge in [-0.15, -0.1) is 0 Å². The second-order valence-corrected chi connectivity index (χ2v) is 7.10. The number of hydrogen-bond donors (Lipinski definition) is 0. The van der Waals surface area contributed by atoms with Gasteiger partial charge in [0.15, 0.2) is 0 Å². The quantitative estimate of drug-likeness (QED) is 0.720. The SMILES string of the molecule is CN1CCCC(C)(C)C12C=Nc1c(ccc3ccccc13)O2. The fourth-order valence-corrected chi connectivity index (χ4v) is 3.91. The van der Waals surface area contributed by atoms with E-state index in [0.717, 1.165) is 29.8 Å². The van der Waals surface area contributed by atoms with Crippen molar-refractivity contribution < 1.29 is 4.74 Å². The van der Waals surface area contributed by atoms with E-state index in [0.29, 0.717) is 0 Å². The van der Waals surface area contributed by atoms with Crippen molar-refractivity contribution in [1.29, 1.82) is 0 Å². The van der Waals surface area contributed by atoms with Crippen LogP contribution in [0.4, 0.5) is 5.69 Å². The molecule has 2 heterocycles. The standard InChI is InChI=1S/C19H22N2O/c1-18(2)11-6-12-21(3)19(18)13-20-17-15-8-5-4-7-14(15)9-10-16(17)22-19/h4-5,7-10,13H,6,11-12H2,1-3H3. The zero-order valence-corrected chi connectivity index (χ0v) is 13.5. The third kappa shape index (κ3) is 1.75. The van der Waals surface area contributed by atoms with Gasteiger partial charge < -0.3 is 4.74 Å². The molecule has 2 aromatic carbocycles. The number of piperidine rings is 1. The number of likely N-dealkylation sites (tertiary alicyclic amines) is 1. The lowest BCUT2D eigenvalue weighted by molar-refractivity contribution is -0.122. The lowest BCUT2D eigenvalue weighted by Crippen LogP contribution is -2.65. The molecule has 0 aromatic heterocycles. The summed E-state index contributed by atoms with van der Waals surface area (Å²) in [6.45, 7) is 5.60. The molecule has 1 atom stereocenters. The Balaban J connectivity index is 1.88. The fourth-order valence-electron chi connectivity index (χ4n) is 3.91. The molecule has 2 aromatic rings. The van der Waals surface area contributed by atoms with Crippen LogP contribution >= 0.6 is 0 Å². The van der Waals surface area contributed by atoms with E-state index in [-0.39, 0.29) is 5.41 Å². The maximum Gasteiger partial charge on any atom is 0.204 e. The van der Waals surface area contributed by atoms with Crippen molar-refractivity contribution in [2.45, 2.75) is 32.4 Å². The van der Waals surface area contributed by atoms with Crippen molar-refractivity contribution >= 4 is 22.7 Å². The molecule has 0 amide bonds. The maximum absolute atomic E-state index is 6.57. The Bertz CT molecular complexity index is 765. The Morgan fingerprint density at radius 3 is 2.77 bits per heavy atom. The Morgan fingerprint density at radius 2 is 1.95 bits per heavy atom. The minimum absolute atomic E-state index is 0.0346. The van der Waals surface area contributed by atoms with Crippen molar-refractivity contribution in [3.05, 3.63) is 36.4 Å². The maximum atomic E-state index is 6.57. The molecular formula is C19H22N2O. The van der Waals surface area contributed by atoms with Crippen LogP contribution in [0.15, 0.2) is 41.4 Å². The molecular weight excluding hydrogens is 272 g/mol. The first-order valence-corrected chi connectivity index (χ1v) is 8.01. The second-order valence-electron chi connectivity index (χ2n) is 7.10. The molecule has 1 unspecified atom stereocenters. The summed E-state index contributed by atoms with van der Waals surface area (Å²) in [6.07, 6.45) is 4.38. The normalized spacial score (nSPS) is 26.9. The summed E-state index contributed by atoms with van der Waals surface area (Å²) in [5.41, 5.74) is 0.548. The number of benzene rings is 2. The van der Waals surface area contributed by atoms with Crippen LogP contribution in [0.2, 0.25) is 0 Å². The highest BCUT2D eigenvalue weighted by molar-refractivity contribution is 5.98. The number of ether oxygens (including phenoxy) is 1. The fraction of sp³-hybridized carbons (Fsp3) is 0.421. The number of hydrogen-bond acceptors (Lipinski definition) is 3. The molecule has 0 aliphatic carbocycles. The van der Waals surface area contributed by atoms with Crippen LogP contribution in [-0.2, 0) is 0 Å². The highest BCUT2D eigenvalue weighted by atomic mass is 16.5. The predicted octanol–water partition coefficient (Wildman–Crippen LogP) is 4.38. The first-order chi connectivity index (χ1) is 10.5. The molecule has 22 heavy (non-hydrogen) atoms. The molecule has 2 aliphatic heterocycles. The van der Waals surface area contributed by atoms with Gasteiger partial charge in [0.1, 0.15) is 11.4 Å². The van der Waals surface area contributed by atoms with Gasteiger partial charge in [-0.25, -0.2) is 0 Å². The van der Waals surface area contributed by atoms with E-state index in [1.165, 1.54) is 11.8 Å². The molecule has 1 spiro atoms. The molecule has 114 valence electrons. The summed E-state index contributed by atoms with van der Waals surface area (Å²) in [5, 5.41) is 2.36. The smallest absolute Gasteiger partial charge is 0.204 e. The number of fused-ring (bicyclic) bond motifs is 3. The monoisotopic (exact) mass is 294 g/mol. The first-order valence-electron chi connectivity index (χ1n) is 8.01. The van der Waals surface area contributed by atoms with Gasteiger partial charge in [0.2, 0.25) is 5.72 Å². The largest absolute Gasteiger partial charge is 0.464 e.